The number of aromatic amines is 1. The van der Waals surface area contributed by atoms with E-state index in [1.807, 2.05) is 16.9 Å². The molecule has 0 aliphatic heterocycles. The Balaban J connectivity index is 2.21. The lowest BCUT2D eigenvalue weighted by atomic mass is 10.2. The molecule has 2 aromatic heterocycles. The first-order valence-corrected chi connectivity index (χ1v) is 5.39. The third-order valence-corrected chi connectivity index (χ3v) is 2.26. The van der Waals surface area contributed by atoms with E-state index in [1.54, 1.807) is 0 Å². The molecule has 0 fully saturated rings. The standard InChI is InChI=1S/C11H14N4O2/c1-7(2)6-15-4-3-8(14-15)9-5-10(11(16)17)13-12-9/h3-5,7H,6H2,1-2H3,(H,12,13)(H,16,17). The van der Waals surface area contributed by atoms with Crippen LogP contribution in [0.15, 0.2) is 18.3 Å². The molecule has 0 aliphatic rings. The minimum Gasteiger partial charge on any atom is -0.477 e. The van der Waals surface area contributed by atoms with Crippen molar-refractivity contribution in [3.63, 3.8) is 0 Å². The second-order valence-corrected chi connectivity index (χ2v) is 4.29. The first kappa shape index (κ1) is 11.4. The van der Waals surface area contributed by atoms with Gasteiger partial charge in [-0.25, -0.2) is 4.79 Å². The number of aromatic nitrogens is 4. The second-order valence-electron chi connectivity index (χ2n) is 4.29. The van der Waals surface area contributed by atoms with Gasteiger partial charge in [0.15, 0.2) is 0 Å². The fourth-order valence-electron chi connectivity index (χ4n) is 1.54. The van der Waals surface area contributed by atoms with Crippen LogP contribution in [0.2, 0.25) is 0 Å². The fraction of sp³-hybridized carbons (Fsp3) is 0.364. The van der Waals surface area contributed by atoms with E-state index in [9.17, 15) is 4.79 Å². The van der Waals surface area contributed by atoms with Gasteiger partial charge in [0.2, 0.25) is 0 Å². The predicted molar refractivity (Wildman–Crippen MR) is 61.6 cm³/mol. The van der Waals surface area contributed by atoms with Crippen molar-refractivity contribution < 1.29 is 9.90 Å². The van der Waals surface area contributed by atoms with Gasteiger partial charge in [0.05, 0.1) is 0 Å². The van der Waals surface area contributed by atoms with Crippen LogP contribution in [0.3, 0.4) is 0 Å². The molecule has 0 unspecified atom stereocenters. The van der Waals surface area contributed by atoms with E-state index in [4.69, 9.17) is 5.11 Å². The predicted octanol–water partition coefficient (Wildman–Crippen LogP) is 1.63. The van der Waals surface area contributed by atoms with E-state index in [1.165, 1.54) is 6.07 Å². The Morgan fingerprint density at radius 1 is 1.53 bits per heavy atom. The molecule has 6 nitrogen and oxygen atoms in total. The van der Waals surface area contributed by atoms with Crippen LogP contribution in [-0.4, -0.2) is 31.1 Å². The molecule has 2 heterocycles. The van der Waals surface area contributed by atoms with E-state index in [2.05, 4.69) is 29.1 Å². The van der Waals surface area contributed by atoms with E-state index < -0.39 is 5.97 Å². The summed E-state index contributed by atoms with van der Waals surface area (Å²) in [5.41, 5.74) is 1.29. The molecule has 0 radical (unpaired) electrons. The molecule has 6 heteroatoms. The Labute approximate surface area is 98.3 Å². The first-order chi connectivity index (χ1) is 8.06. The fourth-order valence-corrected chi connectivity index (χ4v) is 1.54. The molecule has 0 saturated heterocycles. The van der Waals surface area contributed by atoms with E-state index in [0.717, 1.165) is 6.54 Å². The summed E-state index contributed by atoms with van der Waals surface area (Å²) in [7, 11) is 0. The van der Waals surface area contributed by atoms with E-state index in [0.29, 0.717) is 17.3 Å². The van der Waals surface area contributed by atoms with Gasteiger partial charge in [-0.3, -0.25) is 9.78 Å². The van der Waals surface area contributed by atoms with Gasteiger partial charge in [-0.2, -0.15) is 10.2 Å². The van der Waals surface area contributed by atoms with Crippen molar-refractivity contribution in [2.24, 2.45) is 5.92 Å². The third kappa shape index (κ3) is 2.52. The summed E-state index contributed by atoms with van der Waals surface area (Å²) in [6.07, 6.45) is 1.87. The summed E-state index contributed by atoms with van der Waals surface area (Å²) in [5, 5.41) is 19.5. The highest BCUT2D eigenvalue weighted by Crippen LogP contribution is 2.15. The topological polar surface area (TPSA) is 83.8 Å². The number of nitrogens with zero attached hydrogens (tertiary/aromatic N) is 3. The van der Waals surface area contributed by atoms with Crippen molar-refractivity contribution in [1.82, 2.24) is 20.0 Å². The van der Waals surface area contributed by atoms with Gasteiger partial charge in [-0.05, 0) is 12.0 Å². The van der Waals surface area contributed by atoms with Crippen LogP contribution in [0.4, 0.5) is 0 Å². The van der Waals surface area contributed by atoms with Gasteiger partial charge in [0.25, 0.3) is 0 Å². The zero-order valence-electron chi connectivity index (χ0n) is 9.71. The summed E-state index contributed by atoms with van der Waals surface area (Å²) in [6.45, 7) is 5.05. The molecule has 0 saturated carbocycles. The number of nitrogens with one attached hydrogen (secondary N) is 1. The third-order valence-electron chi connectivity index (χ3n) is 2.26. The lowest BCUT2D eigenvalue weighted by Crippen LogP contribution is -2.04. The van der Waals surface area contributed by atoms with Crippen molar-refractivity contribution in [2.75, 3.05) is 0 Å². The minimum absolute atomic E-state index is 0.0680. The van der Waals surface area contributed by atoms with Crippen LogP contribution in [-0.2, 0) is 6.54 Å². The maximum Gasteiger partial charge on any atom is 0.353 e. The number of rotatable bonds is 4. The quantitative estimate of drug-likeness (QED) is 0.842. The molecule has 2 N–H and O–H groups in total. The molecule has 0 amide bonds. The van der Waals surface area contributed by atoms with Crippen LogP contribution >= 0.6 is 0 Å². The van der Waals surface area contributed by atoms with Crippen LogP contribution in [0.25, 0.3) is 11.4 Å². The molecule has 0 bridgehead atoms. The van der Waals surface area contributed by atoms with Crippen LogP contribution < -0.4 is 0 Å². The summed E-state index contributed by atoms with van der Waals surface area (Å²) in [5.74, 6) is -0.512. The lowest BCUT2D eigenvalue weighted by Gasteiger charge is -2.03. The molecule has 17 heavy (non-hydrogen) atoms. The molecule has 90 valence electrons. The SMILES string of the molecule is CC(C)Cn1ccc(-c2cc(C(=O)O)[nH]n2)n1. The largest absolute Gasteiger partial charge is 0.477 e. The number of H-pyrrole nitrogens is 1. The summed E-state index contributed by atoms with van der Waals surface area (Å²) in [4.78, 5) is 10.7. The highest BCUT2D eigenvalue weighted by atomic mass is 16.4. The molecule has 2 aromatic rings. The molecule has 0 atom stereocenters. The average molecular weight is 234 g/mol. The van der Waals surface area contributed by atoms with Gasteiger partial charge in [-0.15, -0.1) is 0 Å². The zero-order chi connectivity index (χ0) is 12.4. The molecule has 0 spiro atoms. The van der Waals surface area contributed by atoms with Crippen LogP contribution in [0.5, 0.6) is 0 Å². The van der Waals surface area contributed by atoms with Crippen LogP contribution in [0, 0.1) is 5.92 Å². The van der Waals surface area contributed by atoms with Crippen LogP contribution in [0.1, 0.15) is 24.3 Å². The Morgan fingerprint density at radius 3 is 2.88 bits per heavy atom. The molecular weight excluding hydrogens is 220 g/mol. The first-order valence-electron chi connectivity index (χ1n) is 5.39. The number of hydrogen-bond donors (Lipinski definition) is 2. The summed E-state index contributed by atoms with van der Waals surface area (Å²) >= 11 is 0. The highest BCUT2D eigenvalue weighted by Gasteiger charge is 2.11. The van der Waals surface area contributed by atoms with Gasteiger partial charge in [0, 0.05) is 18.8 Å². The molecular formula is C11H14N4O2. The minimum atomic E-state index is -1.02. The number of carboxylic acid groups (broad SMARTS) is 1. The molecule has 2 rings (SSSR count). The number of carbonyl (C=O) groups is 1. The van der Waals surface area contributed by atoms with Gasteiger partial charge in [-0.1, -0.05) is 13.8 Å². The Kier molecular flexibility index (Phi) is 2.95. The number of aromatic carboxylic acids is 1. The van der Waals surface area contributed by atoms with Gasteiger partial charge in [0.1, 0.15) is 17.1 Å². The zero-order valence-corrected chi connectivity index (χ0v) is 9.71. The van der Waals surface area contributed by atoms with Crippen molar-refractivity contribution >= 4 is 5.97 Å². The number of hydrogen-bond acceptors (Lipinski definition) is 3. The van der Waals surface area contributed by atoms with E-state index in [-0.39, 0.29) is 5.69 Å². The number of carboxylic acids is 1. The second kappa shape index (κ2) is 4.40. The Morgan fingerprint density at radius 2 is 2.29 bits per heavy atom. The highest BCUT2D eigenvalue weighted by molar-refractivity contribution is 5.86. The van der Waals surface area contributed by atoms with Crippen molar-refractivity contribution in [3.8, 4) is 11.4 Å². The van der Waals surface area contributed by atoms with Crippen molar-refractivity contribution in [3.05, 3.63) is 24.0 Å². The van der Waals surface area contributed by atoms with E-state index >= 15 is 0 Å². The van der Waals surface area contributed by atoms with Gasteiger partial charge >= 0.3 is 5.97 Å². The monoisotopic (exact) mass is 234 g/mol. The average Bonchev–Trinajstić information content (AvgIpc) is 2.83. The van der Waals surface area contributed by atoms with Gasteiger partial charge < -0.3 is 5.11 Å². The van der Waals surface area contributed by atoms with Crippen molar-refractivity contribution in [1.29, 1.82) is 0 Å². The molecule has 0 aliphatic carbocycles. The molecule has 0 aromatic carbocycles. The summed E-state index contributed by atoms with van der Waals surface area (Å²) in [6, 6.07) is 3.30. The Hall–Kier alpha value is -2.11. The smallest absolute Gasteiger partial charge is 0.353 e. The maximum atomic E-state index is 10.7. The maximum absolute atomic E-state index is 10.7. The summed E-state index contributed by atoms with van der Waals surface area (Å²) < 4.78 is 1.83. The van der Waals surface area contributed by atoms with Crippen molar-refractivity contribution in [2.45, 2.75) is 20.4 Å². The lowest BCUT2D eigenvalue weighted by molar-refractivity contribution is 0.0690. The normalized spacial score (nSPS) is 11.0. The Bertz CT molecular complexity index is 527.